The minimum atomic E-state index is 0.279. The van der Waals surface area contributed by atoms with Gasteiger partial charge in [0.05, 0.1) is 0 Å². The first-order chi connectivity index (χ1) is 8.33. The van der Waals surface area contributed by atoms with E-state index in [0.29, 0.717) is 0 Å². The van der Waals surface area contributed by atoms with Crippen molar-refractivity contribution >= 4 is 0 Å². The molecule has 0 aromatic heterocycles. The van der Waals surface area contributed by atoms with Crippen molar-refractivity contribution in [2.24, 2.45) is 0 Å². The Labute approximate surface area is 104 Å². The van der Waals surface area contributed by atoms with Gasteiger partial charge in [0.15, 0.2) is 0 Å². The van der Waals surface area contributed by atoms with E-state index in [1.807, 2.05) is 7.05 Å². The molecule has 2 nitrogen and oxygen atoms in total. The largest absolute Gasteiger partial charge is 0.489 e. The molecule has 0 heterocycles. The number of hydrogen-bond donors (Lipinski definition) is 1. The van der Waals surface area contributed by atoms with Crippen LogP contribution in [-0.2, 0) is 12.8 Å². The van der Waals surface area contributed by atoms with Crippen molar-refractivity contribution in [1.82, 2.24) is 5.32 Å². The summed E-state index contributed by atoms with van der Waals surface area (Å²) < 4.78 is 6.01. The molecule has 0 radical (unpaired) electrons. The third-order valence-electron chi connectivity index (χ3n) is 3.51. The summed E-state index contributed by atoms with van der Waals surface area (Å²) in [6, 6.07) is 6.62. The molecule has 1 unspecified atom stereocenters. The zero-order valence-corrected chi connectivity index (χ0v) is 11.0. The first-order valence-corrected chi connectivity index (χ1v) is 6.76. The van der Waals surface area contributed by atoms with Gasteiger partial charge in [-0.1, -0.05) is 13.0 Å². The number of rotatable bonds is 5. The molecule has 0 aliphatic heterocycles. The Hall–Kier alpha value is -1.02. The molecule has 0 amide bonds. The van der Waals surface area contributed by atoms with Gasteiger partial charge in [-0.3, -0.25) is 0 Å². The van der Waals surface area contributed by atoms with Crippen molar-refractivity contribution in [3.63, 3.8) is 0 Å². The van der Waals surface area contributed by atoms with Crippen LogP contribution in [0.5, 0.6) is 5.75 Å². The third-order valence-corrected chi connectivity index (χ3v) is 3.51. The zero-order chi connectivity index (χ0) is 12.1. The molecule has 1 atom stereocenters. The average Bonchev–Trinajstić information content (AvgIpc) is 2.38. The molecule has 1 aliphatic carbocycles. The monoisotopic (exact) mass is 233 g/mol. The Morgan fingerprint density at radius 1 is 1.24 bits per heavy atom. The van der Waals surface area contributed by atoms with Crippen LogP contribution >= 0.6 is 0 Å². The van der Waals surface area contributed by atoms with Crippen molar-refractivity contribution in [3.05, 3.63) is 29.3 Å². The van der Waals surface area contributed by atoms with E-state index in [4.69, 9.17) is 4.74 Å². The van der Waals surface area contributed by atoms with Crippen LogP contribution in [0, 0.1) is 0 Å². The molecule has 0 bridgehead atoms. The molecular weight excluding hydrogens is 210 g/mol. The Kier molecular flexibility index (Phi) is 4.43. The Balaban J connectivity index is 2.05. The highest BCUT2D eigenvalue weighted by Crippen LogP contribution is 2.26. The summed E-state index contributed by atoms with van der Waals surface area (Å²) in [4.78, 5) is 0. The van der Waals surface area contributed by atoms with Gasteiger partial charge < -0.3 is 10.1 Å². The molecule has 2 rings (SSSR count). The summed E-state index contributed by atoms with van der Waals surface area (Å²) in [6.07, 6.45) is 6.44. The molecule has 0 fully saturated rings. The lowest BCUT2D eigenvalue weighted by molar-refractivity contribution is 0.196. The highest BCUT2D eigenvalue weighted by Gasteiger charge is 2.12. The van der Waals surface area contributed by atoms with Crippen molar-refractivity contribution in [1.29, 1.82) is 0 Å². The standard InChI is InChI=1S/C15H23NO/c1-3-14(11-16-2)17-15-9-8-12-6-4-5-7-13(12)10-15/h8-10,14,16H,3-7,11H2,1-2H3. The smallest absolute Gasteiger partial charge is 0.120 e. The lowest BCUT2D eigenvalue weighted by Crippen LogP contribution is -2.28. The van der Waals surface area contributed by atoms with E-state index in [1.165, 1.54) is 36.8 Å². The van der Waals surface area contributed by atoms with Crippen LogP contribution in [0.2, 0.25) is 0 Å². The van der Waals surface area contributed by atoms with Crippen LogP contribution < -0.4 is 10.1 Å². The molecule has 17 heavy (non-hydrogen) atoms. The van der Waals surface area contributed by atoms with Crippen LogP contribution in [0.15, 0.2) is 18.2 Å². The number of ether oxygens (including phenoxy) is 1. The lowest BCUT2D eigenvalue weighted by atomic mass is 9.92. The molecule has 1 N–H and O–H groups in total. The van der Waals surface area contributed by atoms with Gasteiger partial charge in [-0.2, -0.15) is 0 Å². The average molecular weight is 233 g/mol. The third kappa shape index (κ3) is 3.22. The second-order valence-electron chi connectivity index (χ2n) is 4.84. The van der Waals surface area contributed by atoms with E-state index in [0.717, 1.165) is 18.7 Å². The van der Waals surface area contributed by atoms with Gasteiger partial charge in [0, 0.05) is 6.54 Å². The maximum absolute atomic E-state index is 6.01. The fourth-order valence-electron chi connectivity index (χ4n) is 2.47. The fourth-order valence-corrected chi connectivity index (χ4v) is 2.47. The molecule has 0 saturated carbocycles. The Morgan fingerprint density at radius 3 is 2.71 bits per heavy atom. The van der Waals surface area contributed by atoms with Gasteiger partial charge >= 0.3 is 0 Å². The highest BCUT2D eigenvalue weighted by molar-refractivity contribution is 5.37. The summed E-state index contributed by atoms with van der Waals surface area (Å²) in [5.41, 5.74) is 3.01. The van der Waals surface area contributed by atoms with Crippen LogP contribution in [0.1, 0.15) is 37.3 Å². The van der Waals surface area contributed by atoms with Gasteiger partial charge in [-0.05, 0) is 62.4 Å². The summed E-state index contributed by atoms with van der Waals surface area (Å²) >= 11 is 0. The fraction of sp³-hybridized carbons (Fsp3) is 0.600. The number of hydrogen-bond acceptors (Lipinski definition) is 2. The SMILES string of the molecule is CCC(CNC)Oc1ccc2c(c1)CCCC2. The second-order valence-corrected chi connectivity index (χ2v) is 4.84. The predicted octanol–water partition coefficient (Wildman–Crippen LogP) is 2.94. The normalized spacial score (nSPS) is 16.4. The van der Waals surface area contributed by atoms with Gasteiger partial charge in [-0.15, -0.1) is 0 Å². The van der Waals surface area contributed by atoms with Crippen molar-refractivity contribution in [3.8, 4) is 5.75 Å². The number of nitrogens with one attached hydrogen (secondary N) is 1. The number of fused-ring (bicyclic) bond motifs is 1. The lowest BCUT2D eigenvalue weighted by Gasteiger charge is -2.20. The van der Waals surface area contributed by atoms with Gasteiger partial charge in [-0.25, -0.2) is 0 Å². The topological polar surface area (TPSA) is 21.3 Å². The maximum Gasteiger partial charge on any atom is 0.120 e. The highest BCUT2D eigenvalue weighted by atomic mass is 16.5. The number of benzene rings is 1. The van der Waals surface area contributed by atoms with Crippen molar-refractivity contribution in [2.75, 3.05) is 13.6 Å². The van der Waals surface area contributed by atoms with E-state index in [2.05, 4.69) is 30.4 Å². The van der Waals surface area contributed by atoms with E-state index >= 15 is 0 Å². The van der Waals surface area contributed by atoms with E-state index in [-0.39, 0.29) is 6.10 Å². The minimum absolute atomic E-state index is 0.279. The molecule has 94 valence electrons. The number of aryl methyl sites for hydroxylation is 2. The number of likely N-dealkylation sites (N-methyl/N-ethyl adjacent to an activating group) is 1. The van der Waals surface area contributed by atoms with Crippen LogP contribution in [0.3, 0.4) is 0 Å². The van der Waals surface area contributed by atoms with Crippen LogP contribution in [0.4, 0.5) is 0 Å². The first kappa shape index (κ1) is 12.4. The summed E-state index contributed by atoms with van der Waals surface area (Å²) in [7, 11) is 1.97. The van der Waals surface area contributed by atoms with Crippen LogP contribution in [-0.4, -0.2) is 19.7 Å². The molecule has 1 aliphatic rings. The van der Waals surface area contributed by atoms with E-state index < -0.39 is 0 Å². The molecule has 0 saturated heterocycles. The molecular formula is C15H23NO. The van der Waals surface area contributed by atoms with Gasteiger partial charge in [0.2, 0.25) is 0 Å². The van der Waals surface area contributed by atoms with Gasteiger partial charge in [0.1, 0.15) is 11.9 Å². The second kappa shape index (κ2) is 6.06. The molecule has 1 aromatic carbocycles. The Bertz CT molecular complexity index is 362. The first-order valence-electron chi connectivity index (χ1n) is 6.76. The quantitative estimate of drug-likeness (QED) is 0.844. The van der Waals surface area contributed by atoms with E-state index in [9.17, 15) is 0 Å². The predicted molar refractivity (Wildman–Crippen MR) is 71.7 cm³/mol. The van der Waals surface area contributed by atoms with Gasteiger partial charge in [0.25, 0.3) is 0 Å². The Morgan fingerprint density at radius 2 is 2.00 bits per heavy atom. The minimum Gasteiger partial charge on any atom is -0.489 e. The zero-order valence-electron chi connectivity index (χ0n) is 11.0. The molecule has 0 spiro atoms. The summed E-state index contributed by atoms with van der Waals surface area (Å²) in [5.74, 6) is 1.03. The van der Waals surface area contributed by atoms with Crippen LogP contribution in [0.25, 0.3) is 0 Å². The maximum atomic E-state index is 6.01. The van der Waals surface area contributed by atoms with Crippen molar-refractivity contribution < 1.29 is 4.74 Å². The molecule has 2 heteroatoms. The van der Waals surface area contributed by atoms with E-state index in [1.54, 1.807) is 0 Å². The van der Waals surface area contributed by atoms with Crippen molar-refractivity contribution in [2.45, 2.75) is 45.1 Å². The summed E-state index contributed by atoms with van der Waals surface area (Å²) in [6.45, 7) is 3.08. The summed E-state index contributed by atoms with van der Waals surface area (Å²) in [5, 5.41) is 3.18. The molecule has 1 aromatic rings.